The summed E-state index contributed by atoms with van der Waals surface area (Å²) >= 11 is 1.60. The number of hydrogen-bond acceptors (Lipinski definition) is 5. The molecule has 0 amide bonds. The molecule has 2 aromatic heterocycles. The van der Waals surface area contributed by atoms with Crippen LogP contribution in [0.1, 0.15) is 5.69 Å². The predicted molar refractivity (Wildman–Crippen MR) is 57.4 cm³/mol. The van der Waals surface area contributed by atoms with Crippen molar-refractivity contribution in [3.63, 3.8) is 0 Å². The van der Waals surface area contributed by atoms with Gasteiger partial charge in [0.2, 0.25) is 0 Å². The lowest BCUT2D eigenvalue weighted by Gasteiger charge is -1.94. The van der Waals surface area contributed by atoms with Crippen molar-refractivity contribution in [3.8, 4) is 10.6 Å². The Labute approximate surface area is 86.1 Å². The third-order valence-corrected chi connectivity index (χ3v) is 3.02. The summed E-state index contributed by atoms with van der Waals surface area (Å²) in [7, 11) is 1.86. The molecule has 0 radical (unpaired) electrons. The summed E-state index contributed by atoms with van der Waals surface area (Å²) in [4.78, 5) is 13.5. The minimum atomic E-state index is 0.913. The third-order valence-electron chi connectivity index (χ3n) is 1.83. The summed E-state index contributed by atoms with van der Waals surface area (Å²) in [6.07, 6.45) is 3.29. The molecule has 0 spiro atoms. The van der Waals surface area contributed by atoms with Gasteiger partial charge in [0.25, 0.3) is 0 Å². The van der Waals surface area contributed by atoms with Crippen LogP contribution in [0.15, 0.2) is 18.6 Å². The summed E-state index contributed by atoms with van der Waals surface area (Å²) in [6.45, 7) is 1.98. The van der Waals surface area contributed by atoms with E-state index >= 15 is 0 Å². The van der Waals surface area contributed by atoms with E-state index in [0.717, 1.165) is 21.4 Å². The van der Waals surface area contributed by atoms with Gasteiger partial charge in [-0.3, -0.25) is 0 Å². The van der Waals surface area contributed by atoms with Crippen molar-refractivity contribution >= 4 is 16.5 Å². The molecule has 0 saturated carbocycles. The van der Waals surface area contributed by atoms with Crippen LogP contribution in [0.4, 0.5) is 5.13 Å². The van der Waals surface area contributed by atoms with Crippen molar-refractivity contribution in [2.45, 2.75) is 6.92 Å². The van der Waals surface area contributed by atoms with Gasteiger partial charge < -0.3 is 5.32 Å². The van der Waals surface area contributed by atoms with Crippen LogP contribution in [0.5, 0.6) is 0 Å². The summed E-state index contributed by atoms with van der Waals surface area (Å²) in [5.74, 6) is 0. The smallest absolute Gasteiger partial charge is 0.183 e. The molecule has 0 fully saturated rings. The van der Waals surface area contributed by atoms with Gasteiger partial charge in [-0.15, -0.1) is 0 Å². The number of aryl methyl sites for hydroxylation is 1. The molecule has 72 valence electrons. The maximum absolute atomic E-state index is 4.35. The summed E-state index contributed by atoms with van der Waals surface area (Å²) in [6, 6.07) is 1.89. The van der Waals surface area contributed by atoms with E-state index in [2.05, 4.69) is 20.3 Å². The highest BCUT2D eigenvalue weighted by Crippen LogP contribution is 2.30. The van der Waals surface area contributed by atoms with Gasteiger partial charge in [0.15, 0.2) is 5.13 Å². The summed E-state index contributed by atoms with van der Waals surface area (Å²) in [5, 5.41) is 3.94. The standard InChI is InChI=1S/C9H10N4S/c1-6-8(14-9(10-2)13-6)7-3-4-11-5-12-7/h3-5H,1-2H3,(H,10,13). The van der Waals surface area contributed by atoms with E-state index < -0.39 is 0 Å². The van der Waals surface area contributed by atoms with Crippen LogP contribution in [-0.4, -0.2) is 22.0 Å². The van der Waals surface area contributed by atoms with Crippen molar-refractivity contribution in [2.24, 2.45) is 0 Å². The minimum Gasteiger partial charge on any atom is -0.365 e. The van der Waals surface area contributed by atoms with Crippen LogP contribution >= 0.6 is 11.3 Å². The van der Waals surface area contributed by atoms with Gasteiger partial charge >= 0.3 is 0 Å². The summed E-state index contributed by atoms with van der Waals surface area (Å²) in [5.41, 5.74) is 1.93. The molecule has 4 nitrogen and oxygen atoms in total. The van der Waals surface area contributed by atoms with Crippen LogP contribution in [0.3, 0.4) is 0 Å². The first-order valence-corrected chi connectivity index (χ1v) is 5.04. The van der Waals surface area contributed by atoms with Crippen molar-refractivity contribution in [1.29, 1.82) is 0 Å². The number of aromatic nitrogens is 3. The molecular formula is C9H10N4S. The Bertz CT molecular complexity index is 424. The molecule has 0 atom stereocenters. The second-order valence-electron chi connectivity index (χ2n) is 2.78. The predicted octanol–water partition coefficient (Wildman–Crippen LogP) is 1.95. The second kappa shape index (κ2) is 3.71. The first-order valence-electron chi connectivity index (χ1n) is 4.23. The third kappa shape index (κ3) is 1.58. The molecular weight excluding hydrogens is 196 g/mol. The Balaban J connectivity index is 2.46. The van der Waals surface area contributed by atoms with Crippen LogP contribution < -0.4 is 5.32 Å². The van der Waals surface area contributed by atoms with Gasteiger partial charge in [0, 0.05) is 13.2 Å². The van der Waals surface area contributed by atoms with Gasteiger partial charge in [-0.05, 0) is 13.0 Å². The molecule has 0 aliphatic rings. The van der Waals surface area contributed by atoms with Crippen molar-refractivity contribution in [3.05, 3.63) is 24.3 Å². The zero-order chi connectivity index (χ0) is 9.97. The molecule has 0 aliphatic heterocycles. The van der Waals surface area contributed by atoms with Gasteiger partial charge in [0.05, 0.1) is 16.3 Å². The lowest BCUT2D eigenvalue weighted by Crippen LogP contribution is -1.85. The van der Waals surface area contributed by atoms with Crippen molar-refractivity contribution in [2.75, 3.05) is 12.4 Å². The van der Waals surface area contributed by atoms with Gasteiger partial charge in [0.1, 0.15) is 6.33 Å². The monoisotopic (exact) mass is 206 g/mol. The Morgan fingerprint density at radius 3 is 2.86 bits per heavy atom. The average molecular weight is 206 g/mol. The zero-order valence-electron chi connectivity index (χ0n) is 7.98. The number of anilines is 1. The minimum absolute atomic E-state index is 0.913. The fraction of sp³-hybridized carbons (Fsp3) is 0.222. The quantitative estimate of drug-likeness (QED) is 0.816. The number of thiazole rings is 1. The molecule has 0 aromatic carbocycles. The van der Waals surface area contributed by atoms with E-state index in [1.165, 1.54) is 0 Å². The number of hydrogen-bond donors (Lipinski definition) is 1. The van der Waals surface area contributed by atoms with Crippen molar-refractivity contribution < 1.29 is 0 Å². The highest BCUT2D eigenvalue weighted by Gasteiger charge is 2.08. The fourth-order valence-corrected chi connectivity index (χ4v) is 2.06. The molecule has 0 bridgehead atoms. The lowest BCUT2D eigenvalue weighted by atomic mass is 10.3. The van der Waals surface area contributed by atoms with Gasteiger partial charge in [-0.2, -0.15) is 0 Å². The topological polar surface area (TPSA) is 50.7 Å². The van der Waals surface area contributed by atoms with Gasteiger partial charge in [-0.1, -0.05) is 11.3 Å². The van der Waals surface area contributed by atoms with E-state index in [-0.39, 0.29) is 0 Å². The molecule has 14 heavy (non-hydrogen) atoms. The fourth-order valence-electron chi connectivity index (χ4n) is 1.17. The molecule has 2 rings (SSSR count). The molecule has 2 aromatic rings. The number of rotatable bonds is 2. The Kier molecular flexibility index (Phi) is 2.41. The second-order valence-corrected chi connectivity index (χ2v) is 3.78. The summed E-state index contributed by atoms with van der Waals surface area (Å²) < 4.78 is 0. The van der Waals surface area contributed by atoms with E-state index in [0.29, 0.717) is 0 Å². The molecule has 2 heterocycles. The van der Waals surface area contributed by atoms with E-state index in [9.17, 15) is 0 Å². The molecule has 0 unspecified atom stereocenters. The Morgan fingerprint density at radius 2 is 2.29 bits per heavy atom. The average Bonchev–Trinajstić information content (AvgIpc) is 2.61. The maximum Gasteiger partial charge on any atom is 0.183 e. The van der Waals surface area contributed by atoms with Crippen LogP contribution in [-0.2, 0) is 0 Å². The van der Waals surface area contributed by atoms with Crippen LogP contribution in [0.25, 0.3) is 10.6 Å². The van der Waals surface area contributed by atoms with E-state index in [1.54, 1.807) is 23.9 Å². The van der Waals surface area contributed by atoms with Crippen molar-refractivity contribution in [1.82, 2.24) is 15.0 Å². The molecule has 5 heteroatoms. The zero-order valence-corrected chi connectivity index (χ0v) is 8.80. The number of nitrogens with one attached hydrogen (secondary N) is 1. The molecule has 0 aliphatic carbocycles. The normalized spacial score (nSPS) is 10.1. The molecule has 0 saturated heterocycles. The largest absolute Gasteiger partial charge is 0.365 e. The van der Waals surface area contributed by atoms with E-state index in [1.807, 2.05) is 20.0 Å². The van der Waals surface area contributed by atoms with Gasteiger partial charge in [-0.25, -0.2) is 15.0 Å². The first kappa shape index (κ1) is 9.08. The highest BCUT2D eigenvalue weighted by atomic mass is 32.1. The SMILES string of the molecule is CNc1nc(C)c(-c2ccncn2)s1. The molecule has 1 N–H and O–H groups in total. The number of nitrogens with zero attached hydrogens (tertiary/aromatic N) is 3. The lowest BCUT2D eigenvalue weighted by molar-refractivity contribution is 1.16. The Hall–Kier alpha value is -1.49. The van der Waals surface area contributed by atoms with E-state index in [4.69, 9.17) is 0 Å². The van der Waals surface area contributed by atoms with Crippen LogP contribution in [0.2, 0.25) is 0 Å². The highest BCUT2D eigenvalue weighted by molar-refractivity contribution is 7.19. The Morgan fingerprint density at radius 1 is 1.43 bits per heavy atom. The maximum atomic E-state index is 4.35. The van der Waals surface area contributed by atoms with Crippen LogP contribution in [0, 0.1) is 6.92 Å². The first-order chi connectivity index (χ1) is 6.81.